The van der Waals surface area contributed by atoms with Crippen molar-refractivity contribution in [3.8, 4) is 11.5 Å². The predicted octanol–water partition coefficient (Wildman–Crippen LogP) is 3.46. The summed E-state index contributed by atoms with van der Waals surface area (Å²) in [6.45, 7) is 0. The number of hydrogen-bond acceptors (Lipinski definition) is 3. The van der Waals surface area contributed by atoms with Crippen LogP contribution in [0.3, 0.4) is 0 Å². The number of fused-ring (bicyclic) bond motifs is 5. The van der Waals surface area contributed by atoms with E-state index in [0.29, 0.717) is 23.3 Å². The van der Waals surface area contributed by atoms with Crippen molar-refractivity contribution in [3.63, 3.8) is 0 Å². The van der Waals surface area contributed by atoms with Crippen LogP contribution in [0.25, 0.3) is 0 Å². The molecule has 2 saturated carbocycles. The fourth-order valence-electron chi connectivity index (χ4n) is 3.89. The normalized spacial score (nSPS) is 28.0. The Bertz CT molecular complexity index is 545. The third kappa shape index (κ3) is 1.60. The molecule has 3 aliphatic carbocycles. The first kappa shape index (κ1) is 11.3. The Kier molecular flexibility index (Phi) is 2.38. The van der Waals surface area contributed by atoms with Gasteiger partial charge in [0.25, 0.3) is 0 Å². The highest BCUT2D eigenvalue weighted by molar-refractivity contribution is 5.77. The highest BCUT2D eigenvalue weighted by Gasteiger charge is 2.41. The number of carbonyl (C=O) groups is 1. The topological polar surface area (TPSA) is 46.5 Å². The lowest BCUT2D eigenvalue weighted by atomic mass is 9.85. The first-order valence-electron chi connectivity index (χ1n) is 7.31. The van der Waals surface area contributed by atoms with Gasteiger partial charge in [-0.25, -0.2) is 0 Å². The van der Waals surface area contributed by atoms with Gasteiger partial charge in [-0.3, -0.25) is 4.79 Å². The summed E-state index contributed by atoms with van der Waals surface area (Å²) in [6.07, 6.45) is 6.50. The molecule has 1 N–H and O–H groups in total. The molecule has 3 heteroatoms. The summed E-state index contributed by atoms with van der Waals surface area (Å²) in [5.41, 5.74) is 2.17. The number of benzene rings is 1. The average Bonchev–Trinajstić information content (AvgIpc) is 2.91. The van der Waals surface area contributed by atoms with Crippen LogP contribution in [0, 0.1) is 5.92 Å². The standard InChI is InChI=1S/C16H18O3/c17-12-6-7-13(19-16(18)9-2-1-3-9)15-11-5-4-10(8-11)14(12)15/h6-7,9-11,17H,1-5,8H2/t10-,11+/m0/s1. The van der Waals surface area contributed by atoms with E-state index in [2.05, 4.69) is 0 Å². The maximum Gasteiger partial charge on any atom is 0.314 e. The van der Waals surface area contributed by atoms with Crippen molar-refractivity contribution in [2.24, 2.45) is 5.92 Å². The van der Waals surface area contributed by atoms with Crippen LogP contribution >= 0.6 is 0 Å². The molecule has 19 heavy (non-hydrogen) atoms. The predicted molar refractivity (Wildman–Crippen MR) is 70.4 cm³/mol. The fraction of sp³-hybridized carbons (Fsp3) is 0.562. The molecule has 0 aliphatic heterocycles. The maximum atomic E-state index is 12.0. The molecule has 3 nitrogen and oxygen atoms in total. The number of carbonyl (C=O) groups excluding carboxylic acids is 1. The fourth-order valence-corrected chi connectivity index (χ4v) is 3.89. The minimum atomic E-state index is -0.0816. The van der Waals surface area contributed by atoms with Gasteiger partial charge in [0.15, 0.2) is 0 Å². The molecular formula is C16H18O3. The van der Waals surface area contributed by atoms with E-state index in [9.17, 15) is 9.90 Å². The molecular weight excluding hydrogens is 240 g/mol. The van der Waals surface area contributed by atoms with Crippen molar-refractivity contribution in [1.29, 1.82) is 0 Å². The van der Waals surface area contributed by atoms with Gasteiger partial charge in [0.2, 0.25) is 0 Å². The van der Waals surface area contributed by atoms with E-state index in [1.165, 1.54) is 0 Å². The molecule has 2 fully saturated rings. The van der Waals surface area contributed by atoms with Crippen LogP contribution in [0.15, 0.2) is 12.1 Å². The van der Waals surface area contributed by atoms with Gasteiger partial charge in [-0.05, 0) is 56.1 Å². The molecule has 100 valence electrons. The maximum absolute atomic E-state index is 12.0. The first-order valence-corrected chi connectivity index (χ1v) is 7.31. The van der Waals surface area contributed by atoms with Gasteiger partial charge in [0.1, 0.15) is 11.5 Å². The number of ether oxygens (including phenoxy) is 1. The lowest BCUT2D eigenvalue weighted by molar-refractivity contribution is -0.141. The van der Waals surface area contributed by atoms with E-state index in [-0.39, 0.29) is 11.9 Å². The zero-order valence-corrected chi connectivity index (χ0v) is 10.9. The highest BCUT2D eigenvalue weighted by Crippen LogP contribution is 2.58. The number of esters is 1. The zero-order chi connectivity index (χ0) is 13.0. The Hall–Kier alpha value is -1.51. The van der Waals surface area contributed by atoms with E-state index < -0.39 is 0 Å². The van der Waals surface area contributed by atoms with Gasteiger partial charge in [-0.1, -0.05) is 6.42 Å². The van der Waals surface area contributed by atoms with E-state index in [1.807, 2.05) is 0 Å². The summed E-state index contributed by atoms with van der Waals surface area (Å²) in [5, 5.41) is 10.0. The van der Waals surface area contributed by atoms with Crippen LogP contribution in [0.5, 0.6) is 11.5 Å². The van der Waals surface area contributed by atoms with E-state index in [1.54, 1.807) is 12.1 Å². The third-order valence-corrected chi connectivity index (χ3v) is 5.12. The number of rotatable bonds is 2. The summed E-state index contributed by atoms with van der Waals surface area (Å²) < 4.78 is 5.62. The van der Waals surface area contributed by atoms with E-state index in [0.717, 1.165) is 49.7 Å². The molecule has 1 aromatic rings. The monoisotopic (exact) mass is 258 g/mol. The second-order valence-corrected chi connectivity index (χ2v) is 6.17. The molecule has 0 radical (unpaired) electrons. The van der Waals surface area contributed by atoms with Crippen LogP contribution < -0.4 is 4.74 Å². The molecule has 0 amide bonds. The Balaban J connectivity index is 1.68. The molecule has 1 aromatic carbocycles. The minimum Gasteiger partial charge on any atom is -0.508 e. The second-order valence-electron chi connectivity index (χ2n) is 6.17. The SMILES string of the molecule is O=C(Oc1ccc(O)c2c1[C@@H]1CC[C@H]2C1)C1CCC1. The molecule has 2 atom stereocenters. The Labute approximate surface area is 112 Å². The summed E-state index contributed by atoms with van der Waals surface area (Å²) in [6, 6.07) is 3.45. The van der Waals surface area contributed by atoms with Crippen LogP contribution in [0.4, 0.5) is 0 Å². The van der Waals surface area contributed by atoms with Gasteiger partial charge in [-0.2, -0.15) is 0 Å². The van der Waals surface area contributed by atoms with Gasteiger partial charge < -0.3 is 9.84 Å². The number of phenols is 1. The average molecular weight is 258 g/mol. The molecule has 0 saturated heterocycles. The van der Waals surface area contributed by atoms with Crippen molar-refractivity contribution >= 4 is 5.97 Å². The molecule has 4 rings (SSSR count). The molecule has 0 spiro atoms. The number of phenolic OH excluding ortho intramolecular Hbond substituents is 1. The smallest absolute Gasteiger partial charge is 0.314 e. The quantitative estimate of drug-likeness (QED) is 0.652. The largest absolute Gasteiger partial charge is 0.508 e. The molecule has 3 aliphatic rings. The van der Waals surface area contributed by atoms with Gasteiger partial charge in [-0.15, -0.1) is 0 Å². The van der Waals surface area contributed by atoms with Gasteiger partial charge in [0.05, 0.1) is 5.92 Å². The second kappa shape index (κ2) is 3.99. The lowest BCUT2D eigenvalue weighted by Crippen LogP contribution is -2.26. The summed E-state index contributed by atoms with van der Waals surface area (Å²) in [5.74, 6) is 2.06. The summed E-state index contributed by atoms with van der Waals surface area (Å²) in [4.78, 5) is 12.0. The van der Waals surface area contributed by atoms with Crippen molar-refractivity contribution in [2.45, 2.75) is 50.4 Å². The Morgan fingerprint density at radius 1 is 1.11 bits per heavy atom. The Morgan fingerprint density at radius 3 is 2.53 bits per heavy atom. The minimum absolute atomic E-state index is 0.0816. The van der Waals surface area contributed by atoms with Crippen molar-refractivity contribution in [3.05, 3.63) is 23.3 Å². The Morgan fingerprint density at radius 2 is 1.84 bits per heavy atom. The van der Waals surface area contributed by atoms with Crippen LogP contribution in [-0.4, -0.2) is 11.1 Å². The van der Waals surface area contributed by atoms with E-state index >= 15 is 0 Å². The zero-order valence-electron chi connectivity index (χ0n) is 10.9. The summed E-state index contributed by atoms with van der Waals surface area (Å²) in [7, 11) is 0. The first-order chi connectivity index (χ1) is 9.24. The molecule has 2 bridgehead atoms. The molecule has 0 heterocycles. The number of hydrogen-bond donors (Lipinski definition) is 1. The summed E-state index contributed by atoms with van der Waals surface area (Å²) >= 11 is 0. The third-order valence-electron chi connectivity index (χ3n) is 5.12. The van der Waals surface area contributed by atoms with E-state index in [4.69, 9.17) is 4.74 Å². The van der Waals surface area contributed by atoms with Crippen LogP contribution in [0.1, 0.15) is 61.5 Å². The molecule has 0 unspecified atom stereocenters. The van der Waals surface area contributed by atoms with Crippen molar-refractivity contribution in [2.75, 3.05) is 0 Å². The van der Waals surface area contributed by atoms with Crippen LogP contribution in [0.2, 0.25) is 0 Å². The highest BCUT2D eigenvalue weighted by atomic mass is 16.5. The van der Waals surface area contributed by atoms with Gasteiger partial charge in [0, 0.05) is 11.1 Å². The van der Waals surface area contributed by atoms with Crippen LogP contribution in [-0.2, 0) is 4.79 Å². The van der Waals surface area contributed by atoms with Gasteiger partial charge >= 0.3 is 5.97 Å². The lowest BCUT2D eigenvalue weighted by Gasteiger charge is -2.25. The number of aromatic hydroxyl groups is 1. The van der Waals surface area contributed by atoms with Crippen molar-refractivity contribution < 1.29 is 14.6 Å². The molecule has 0 aromatic heterocycles. The van der Waals surface area contributed by atoms with Crippen molar-refractivity contribution in [1.82, 2.24) is 0 Å².